The van der Waals surface area contributed by atoms with Gasteiger partial charge in [-0.3, -0.25) is 9.89 Å². The van der Waals surface area contributed by atoms with Gasteiger partial charge in [-0.05, 0) is 6.92 Å². The number of hydrogen-bond acceptors (Lipinski definition) is 2. The summed E-state index contributed by atoms with van der Waals surface area (Å²) in [5, 5.41) is 6.57. The quantitative estimate of drug-likeness (QED) is 0.839. The first-order valence-corrected chi connectivity index (χ1v) is 5.33. The Morgan fingerprint density at radius 3 is 2.86 bits per heavy atom. The highest BCUT2D eigenvalue weighted by Gasteiger charge is 2.16. The van der Waals surface area contributed by atoms with Crippen LogP contribution in [-0.4, -0.2) is 39.4 Å². The Kier molecular flexibility index (Phi) is 3.69. The molecule has 1 aromatic rings. The number of carbonyl (C=O) groups excluding carboxylic acids is 1. The molecule has 78 valence electrons. The molecule has 0 aliphatic heterocycles. The third kappa shape index (κ3) is 2.57. The Labute approximate surface area is 91.8 Å². The van der Waals surface area contributed by atoms with Crippen LogP contribution in [0.3, 0.4) is 0 Å². The van der Waals surface area contributed by atoms with Crippen molar-refractivity contribution in [1.82, 2.24) is 15.1 Å². The monoisotopic (exact) mass is 259 g/mol. The van der Waals surface area contributed by atoms with Gasteiger partial charge in [-0.2, -0.15) is 5.10 Å². The van der Waals surface area contributed by atoms with Gasteiger partial charge in [0.15, 0.2) is 0 Å². The van der Waals surface area contributed by atoms with Crippen LogP contribution in [0.4, 0.5) is 0 Å². The van der Waals surface area contributed by atoms with Crippen molar-refractivity contribution in [3.05, 3.63) is 17.5 Å². The van der Waals surface area contributed by atoms with Crippen LogP contribution in [0, 0.1) is 6.92 Å². The number of carbonyl (C=O) groups is 1. The molecular formula is C9H14BrN3O. The van der Waals surface area contributed by atoms with Gasteiger partial charge in [0.1, 0.15) is 0 Å². The van der Waals surface area contributed by atoms with Crippen LogP contribution in [0.2, 0.25) is 0 Å². The zero-order valence-corrected chi connectivity index (χ0v) is 10.1. The summed E-state index contributed by atoms with van der Waals surface area (Å²) < 4.78 is 0. The Hall–Kier alpha value is -0.840. The zero-order chi connectivity index (χ0) is 10.7. The van der Waals surface area contributed by atoms with Crippen molar-refractivity contribution in [1.29, 1.82) is 0 Å². The summed E-state index contributed by atoms with van der Waals surface area (Å²) in [4.78, 5) is 13.8. The molecular weight excluding hydrogens is 246 g/mol. The third-order valence-electron chi connectivity index (χ3n) is 1.93. The smallest absolute Gasteiger partial charge is 0.257 e. The van der Waals surface area contributed by atoms with E-state index < -0.39 is 0 Å². The maximum atomic E-state index is 11.8. The lowest BCUT2D eigenvalue weighted by Gasteiger charge is -2.17. The minimum Gasteiger partial charge on any atom is -0.340 e. The second kappa shape index (κ2) is 4.59. The molecule has 0 radical (unpaired) electrons. The van der Waals surface area contributed by atoms with Gasteiger partial charge in [-0.15, -0.1) is 0 Å². The number of hydrogen-bond donors (Lipinski definition) is 1. The maximum absolute atomic E-state index is 11.8. The van der Waals surface area contributed by atoms with E-state index in [-0.39, 0.29) is 5.91 Å². The highest BCUT2D eigenvalue weighted by atomic mass is 79.9. The van der Waals surface area contributed by atoms with Crippen molar-refractivity contribution < 1.29 is 4.79 Å². The number of nitrogens with zero attached hydrogens (tertiary/aromatic N) is 2. The molecule has 0 saturated carbocycles. The minimum atomic E-state index is 0.00236. The highest BCUT2D eigenvalue weighted by Crippen LogP contribution is 2.08. The fourth-order valence-electron chi connectivity index (χ4n) is 1.23. The van der Waals surface area contributed by atoms with Crippen LogP contribution in [0.5, 0.6) is 0 Å². The van der Waals surface area contributed by atoms with Gasteiger partial charge in [0.2, 0.25) is 0 Å². The Morgan fingerprint density at radius 2 is 2.43 bits per heavy atom. The number of aromatic amines is 1. The molecule has 1 unspecified atom stereocenters. The molecule has 0 aliphatic rings. The van der Waals surface area contributed by atoms with Crippen molar-refractivity contribution >= 4 is 21.8 Å². The molecule has 0 aromatic carbocycles. The van der Waals surface area contributed by atoms with Crippen molar-refractivity contribution in [2.45, 2.75) is 18.7 Å². The Balaban J connectivity index is 2.71. The van der Waals surface area contributed by atoms with Gasteiger partial charge in [0.25, 0.3) is 5.91 Å². The topological polar surface area (TPSA) is 49.0 Å². The summed E-state index contributed by atoms with van der Waals surface area (Å²) in [7, 11) is 1.78. The van der Waals surface area contributed by atoms with E-state index in [2.05, 4.69) is 26.1 Å². The van der Waals surface area contributed by atoms with Gasteiger partial charge < -0.3 is 4.90 Å². The molecule has 1 atom stereocenters. The highest BCUT2D eigenvalue weighted by molar-refractivity contribution is 9.09. The predicted octanol–water partition coefficient (Wildman–Crippen LogP) is 1.57. The molecule has 1 aromatic heterocycles. The van der Waals surface area contributed by atoms with Crippen LogP contribution >= 0.6 is 15.9 Å². The minimum absolute atomic E-state index is 0.00236. The van der Waals surface area contributed by atoms with E-state index >= 15 is 0 Å². The molecule has 0 bridgehead atoms. The fraction of sp³-hybridized carbons (Fsp3) is 0.556. The number of alkyl halides is 1. The lowest BCUT2D eigenvalue weighted by Crippen LogP contribution is -2.31. The number of aryl methyl sites for hydroxylation is 1. The lowest BCUT2D eigenvalue weighted by molar-refractivity contribution is 0.0797. The number of H-pyrrole nitrogens is 1. The second-order valence-electron chi connectivity index (χ2n) is 3.38. The van der Waals surface area contributed by atoms with Gasteiger partial charge in [-0.25, -0.2) is 0 Å². The van der Waals surface area contributed by atoms with Crippen molar-refractivity contribution in [3.8, 4) is 0 Å². The number of halogens is 1. The Bertz CT molecular complexity index is 322. The molecule has 1 rings (SSSR count). The van der Waals surface area contributed by atoms with Crippen LogP contribution < -0.4 is 0 Å². The van der Waals surface area contributed by atoms with Crippen molar-refractivity contribution in [2.75, 3.05) is 13.6 Å². The van der Waals surface area contributed by atoms with E-state index in [9.17, 15) is 4.79 Å². The van der Waals surface area contributed by atoms with Crippen LogP contribution in [0.25, 0.3) is 0 Å². The normalized spacial score (nSPS) is 12.6. The standard InChI is InChI=1S/C9H14BrN3O/c1-6(10)5-13(3)9(14)8-4-11-12-7(8)2/h4,6H,5H2,1-3H3,(H,11,12). The third-order valence-corrected chi connectivity index (χ3v) is 2.22. The van der Waals surface area contributed by atoms with E-state index in [0.717, 1.165) is 5.69 Å². The van der Waals surface area contributed by atoms with Crippen LogP contribution in [-0.2, 0) is 0 Å². The SMILES string of the molecule is Cc1[nH]ncc1C(=O)N(C)CC(C)Br. The van der Waals surface area contributed by atoms with Gasteiger partial charge >= 0.3 is 0 Å². The van der Waals surface area contributed by atoms with Gasteiger partial charge in [0.05, 0.1) is 11.8 Å². The molecule has 14 heavy (non-hydrogen) atoms. The summed E-state index contributed by atoms with van der Waals surface area (Å²) in [5.41, 5.74) is 1.45. The average Bonchev–Trinajstić information content (AvgIpc) is 2.48. The molecule has 0 fully saturated rings. The van der Waals surface area contributed by atoms with Crippen LogP contribution in [0.15, 0.2) is 6.20 Å². The second-order valence-corrected chi connectivity index (χ2v) is 4.94. The molecule has 0 saturated heterocycles. The van der Waals surface area contributed by atoms with E-state index in [1.807, 2.05) is 13.8 Å². The summed E-state index contributed by atoms with van der Waals surface area (Å²) in [6.45, 7) is 4.53. The molecule has 1 amide bonds. The summed E-state index contributed by atoms with van der Waals surface area (Å²) in [5.74, 6) is 0.00236. The number of aromatic nitrogens is 2. The van der Waals surface area contributed by atoms with Crippen molar-refractivity contribution in [3.63, 3.8) is 0 Å². The zero-order valence-electron chi connectivity index (χ0n) is 8.54. The molecule has 5 heteroatoms. The first-order chi connectivity index (χ1) is 6.52. The maximum Gasteiger partial charge on any atom is 0.257 e. The number of nitrogens with one attached hydrogen (secondary N) is 1. The molecule has 1 heterocycles. The molecule has 0 aliphatic carbocycles. The predicted molar refractivity (Wildman–Crippen MR) is 58.7 cm³/mol. The first-order valence-electron chi connectivity index (χ1n) is 4.42. The van der Waals surface area contributed by atoms with E-state index in [4.69, 9.17) is 0 Å². The largest absolute Gasteiger partial charge is 0.340 e. The number of amides is 1. The lowest BCUT2D eigenvalue weighted by atomic mass is 10.2. The van der Waals surface area contributed by atoms with Crippen LogP contribution in [0.1, 0.15) is 23.0 Å². The molecule has 4 nitrogen and oxygen atoms in total. The van der Waals surface area contributed by atoms with Gasteiger partial charge in [0, 0.05) is 24.1 Å². The average molecular weight is 260 g/mol. The molecule has 0 spiro atoms. The molecule has 1 N–H and O–H groups in total. The summed E-state index contributed by atoms with van der Waals surface area (Å²) in [6.07, 6.45) is 1.56. The first kappa shape index (κ1) is 11.2. The van der Waals surface area contributed by atoms with E-state index in [1.54, 1.807) is 18.1 Å². The number of rotatable bonds is 3. The van der Waals surface area contributed by atoms with E-state index in [1.165, 1.54) is 0 Å². The summed E-state index contributed by atoms with van der Waals surface area (Å²) in [6, 6.07) is 0. The Morgan fingerprint density at radius 1 is 1.79 bits per heavy atom. The summed E-state index contributed by atoms with van der Waals surface area (Å²) >= 11 is 3.41. The van der Waals surface area contributed by atoms with Gasteiger partial charge in [-0.1, -0.05) is 22.9 Å². The van der Waals surface area contributed by atoms with E-state index in [0.29, 0.717) is 16.9 Å². The van der Waals surface area contributed by atoms with Crippen molar-refractivity contribution in [2.24, 2.45) is 0 Å². The fourth-order valence-corrected chi connectivity index (χ4v) is 1.67.